The second-order valence-corrected chi connectivity index (χ2v) is 3.86. The van der Waals surface area contributed by atoms with Gasteiger partial charge < -0.3 is 5.11 Å². The minimum atomic E-state index is -0.175. The maximum atomic E-state index is 11.4. The molecule has 0 fully saturated rings. The molecule has 1 N–H and O–H groups in total. The van der Waals surface area contributed by atoms with Gasteiger partial charge in [-0.05, 0) is 31.9 Å². The highest BCUT2D eigenvalue weighted by atomic mass is 16.3. The van der Waals surface area contributed by atoms with Gasteiger partial charge in [0.1, 0.15) is 5.76 Å². The molecule has 2 heteroatoms. The number of rotatable bonds is 3. The number of allylic oxidation sites excluding steroid dienone is 3. The van der Waals surface area contributed by atoms with Crippen LogP contribution in [0.5, 0.6) is 0 Å². The predicted molar refractivity (Wildman–Crippen MR) is 66.2 cm³/mol. The number of aryl methyl sites for hydroxylation is 1. The van der Waals surface area contributed by atoms with Crippen LogP contribution in [-0.4, -0.2) is 10.9 Å². The predicted octanol–water partition coefficient (Wildman–Crippen LogP) is 3.43. The maximum Gasteiger partial charge on any atom is 0.163 e. The Morgan fingerprint density at radius 3 is 2.06 bits per heavy atom. The molecule has 1 aromatic rings. The lowest BCUT2D eigenvalue weighted by Crippen LogP contribution is -2.02. The van der Waals surface area contributed by atoms with E-state index >= 15 is 0 Å². The van der Waals surface area contributed by atoms with Crippen molar-refractivity contribution in [3.05, 3.63) is 53.3 Å². The van der Waals surface area contributed by atoms with Gasteiger partial charge in [0.15, 0.2) is 5.78 Å². The molecule has 84 valence electrons. The van der Waals surface area contributed by atoms with Crippen LogP contribution in [0.4, 0.5) is 0 Å². The van der Waals surface area contributed by atoms with Crippen LogP contribution in [0.15, 0.2) is 42.2 Å². The van der Waals surface area contributed by atoms with Crippen molar-refractivity contribution in [3.63, 3.8) is 0 Å². The number of Topliss-reactive ketones (excluding diaryl/α,β-unsaturated/α-hetero) is 1. The normalized spacial score (nSPS) is 11.9. The summed E-state index contributed by atoms with van der Waals surface area (Å²) in [6.07, 6.45) is 0. The van der Waals surface area contributed by atoms with Gasteiger partial charge in [0, 0.05) is 0 Å². The van der Waals surface area contributed by atoms with E-state index in [1.54, 1.807) is 0 Å². The molecule has 1 rings (SSSR count). The molecule has 1 aromatic carbocycles. The van der Waals surface area contributed by atoms with E-state index in [1.165, 1.54) is 13.8 Å². The van der Waals surface area contributed by atoms with Crippen molar-refractivity contribution in [3.8, 4) is 0 Å². The van der Waals surface area contributed by atoms with Gasteiger partial charge in [-0.2, -0.15) is 0 Å². The Kier molecular flexibility index (Phi) is 3.67. The highest BCUT2D eigenvalue weighted by Crippen LogP contribution is 2.24. The number of carbonyl (C=O) groups excluding carboxylic acids is 1. The summed E-state index contributed by atoms with van der Waals surface area (Å²) in [6, 6.07) is 7.68. The van der Waals surface area contributed by atoms with Gasteiger partial charge in [0.25, 0.3) is 0 Å². The van der Waals surface area contributed by atoms with E-state index in [0.717, 1.165) is 11.1 Å². The zero-order valence-corrected chi connectivity index (χ0v) is 9.87. The third-order valence-corrected chi connectivity index (χ3v) is 2.42. The van der Waals surface area contributed by atoms with Gasteiger partial charge in [-0.25, -0.2) is 0 Å². The molecule has 0 radical (unpaired) electrons. The van der Waals surface area contributed by atoms with Crippen LogP contribution in [0.3, 0.4) is 0 Å². The van der Waals surface area contributed by atoms with E-state index in [1.807, 2.05) is 31.2 Å². The molecule has 0 saturated heterocycles. The molecule has 0 aromatic heterocycles. The summed E-state index contributed by atoms with van der Waals surface area (Å²) in [4.78, 5) is 11.4. The second-order valence-electron chi connectivity index (χ2n) is 3.86. The molecule has 0 unspecified atom stereocenters. The zero-order chi connectivity index (χ0) is 12.3. The molecule has 0 aliphatic carbocycles. The molecule has 0 bridgehead atoms. The summed E-state index contributed by atoms with van der Waals surface area (Å²) >= 11 is 0. The van der Waals surface area contributed by atoms with Gasteiger partial charge in [-0.1, -0.05) is 36.4 Å². The first-order valence-corrected chi connectivity index (χ1v) is 5.10. The van der Waals surface area contributed by atoms with E-state index in [4.69, 9.17) is 0 Å². The van der Waals surface area contributed by atoms with Crippen molar-refractivity contribution in [2.24, 2.45) is 0 Å². The lowest BCUT2D eigenvalue weighted by atomic mass is 9.95. The van der Waals surface area contributed by atoms with Crippen LogP contribution >= 0.6 is 0 Å². The third-order valence-electron chi connectivity index (χ3n) is 2.42. The number of ketones is 1. The summed E-state index contributed by atoms with van der Waals surface area (Å²) in [5, 5.41) is 9.47. The monoisotopic (exact) mass is 216 g/mol. The van der Waals surface area contributed by atoms with Crippen molar-refractivity contribution in [1.29, 1.82) is 0 Å². The lowest BCUT2D eigenvalue weighted by Gasteiger charge is -2.09. The quantitative estimate of drug-likeness (QED) is 0.477. The van der Waals surface area contributed by atoms with Gasteiger partial charge in [-0.15, -0.1) is 0 Å². The number of aliphatic hydroxyl groups excluding tert-OH is 1. The molecular formula is C14H16O2. The summed E-state index contributed by atoms with van der Waals surface area (Å²) in [5.74, 6) is -0.163. The zero-order valence-electron chi connectivity index (χ0n) is 9.87. The van der Waals surface area contributed by atoms with Crippen molar-refractivity contribution in [2.75, 3.05) is 0 Å². The van der Waals surface area contributed by atoms with Crippen LogP contribution < -0.4 is 0 Å². The molecule has 0 amide bonds. The number of carbonyl (C=O) groups is 1. The summed E-state index contributed by atoms with van der Waals surface area (Å²) in [5.41, 5.74) is 2.85. The average molecular weight is 216 g/mol. The topological polar surface area (TPSA) is 37.3 Å². The molecule has 0 aliphatic rings. The van der Waals surface area contributed by atoms with Gasteiger partial charge in [0.05, 0.1) is 5.57 Å². The number of benzene rings is 1. The van der Waals surface area contributed by atoms with Crippen molar-refractivity contribution < 1.29 is 9.90 Å². The van der Waals surface area contributed by atoms with Crippen LogP contribution in [0.1, 0.15) is 25.0 Å². The minimum absolute atomic E-state index is 0.0121. The molecule has 2 nitrogen and oxygen atoms in total. The summed E-state index contributed by atoms with van der Waals surface area (Å²) in [6.45, 7) is 8.77. The van der Waals surface area contributed by atoms with Gasteiger partial charge in [-0.3, -0.25) is 4.79 Å². The molecular weight excluding hydrogens is 200 g/mol. The molecule has 0 aliphatic heterocycles. The Labute approximate surface area is 95.9 Å². The maximum absolute atomic E-state index is 11.4. The molecule has 0 spiro atoms. The molecule has 0 heterocycles. The average Bonchev–Trinajstić information content (AvgIpc) is 2.17. The van der Waals surface area contributed by atoms with E-state index in [-0.39, 0.29) is 11.5 Å². The fourth-order valence-electron chi connectivity index (χ4n) is 1.58. The largest absolute Gasteiger partial charge is 0.512 e. The van der Waals surface area contributed by atoms with E-state index in [0.29, 0.717) is 11.1 Å². The smallest absolute Gasteiger partial charge is 0.163 e. The highest BCUT2D eigenvalue weighted by molar-refractivity contribution is 6.08. The Hall–Kier alpha value is -1.83. The molecule has 0 atom stereocenters. The first kappa shape index (κ1) is 12.2. The first-order chi connectivity index (χ1) is 7.43. The van der Waals surface area contributed by atoms with Crippen LogP contribution in [0.25, 0.3) is 5.57 Å². The Balaban J connectivity index is 3.16. The molecule has 16 heavy (non-hydrogen) atoms. The standard InChI is InChI=1S/C14H16O2/c1-9-5-7-13(8-6-9)10(2)14(11(3)15)12(4)16/h5-8,15H,2H2,1,3-4H3/b14-11-. The minimum Gasteiger partial charge on any atom is -0.512 e. The fourth-order valence-corrected chi connectivity index (χ4v) is 1.58. The van der Waals surface area contributed by atoms with Crippen LogP contribution in [0, 0.1) is 6.92 Å². The highest BCUT2D eigenvalue weighted by Gasteiger charge is 2.13. The Morgan fingerprint density at radius 2 is 1.69 bits per heavy atom. The number of hydrogen-bond acceptors (Lipinski definition) is 2. The first-order valence-electron chi connectivity index (χ1n) is 5.10. The number of aliphatic hydroxyl groups is 1. The van der Waals surface area contributed by atoms with E-state index < -0.39 is 0 Å². The van der Waals surface area contributed by atoms with Gasteiger partial charge in [0.2, 0.25) is 0 Å². The van der Waals surface area contributed by atoms with Crippen molar-refractivity contribution in [1.82, 2.24) is 0 Å². The van der Waals surface area contributed by atoms with Crippen molar-refractivity contribution >= 4 is 11.4 Å². The van der Waals surface area contributed by atoms with Crippen molar-refractivity contribution in [2.45, 2.75) is 20.8 Å². The number of hydrogen-bond donors (Lipinski definition) is 1. The van der Waals surface area contributed by atoms with Crippen LogP contribution in [0.2, 0.25) is 0 Å². The Morgan fingerprint density at radius 1 is 1.19 bits per heavy atom. The van der Waals surface area contributed by atoms with Crippen LogP contribution in [-0.2, 0) is 4.79 Å². The lowest BCUT2D eigenvalue weighted by molar-refractivity contribution is -0.113. The summed E-state index contributed by atoms with van der Waals surface area (Å²) in [7, 11) is 0. The third kappa shape index (κ3) is 2.60. The molecule has 0 saturated carbocycles. The Bertz CT molecular complexity index is 446. The van der Waals surface area contributed by atoms with E-state index in [2.05, 4.69) is 6.58 Å². The van der Waals surface area contributed by atoms with E-state index in [9.17, 15) is 9.90 Å². The SMILES string of the molecule is C=C(/C(C(C)=O)=C(\C)O)c1ccc(C)cc1. The summed E-state index contributed by atoms with van der Waals surface area (Å²) < 4.78 is 0. The van der Waals surface area contributed by atoms with Gasteiger partial charge >= 0.3 is 0 Å². The second kappa shape index (κ2) is 4.79. The fraction of sp³-hybridized carbons (Fsp3) is 0.214.